The van der Waals surface area contributed by atoms with Crippen LogP contribution in [-0.2, 0) is 0 Å². The molecule has 0 radical (unpaired) electrons. The highest BCUT2D eigenvalue weighted by Crippen LogP contribution is 2.28. The molecular weight excluding hydrogens is 257 g/mol. The Morgan fingerprint density at radius 2 is 1.94 bits per heavy atom. The molecule has 0 fully saturated rings. The van der Waals surface area contributed by atoms with Gasteiger partial charge in [0.2, 0.25) is 0 Å². The van der Waals surface area contributed by atoms with Crippen molar-refractivity contribution in [3.63, 3.8) is 0 Å². The number of nitrogens with one attached hydrogen (secondary N) is 1. The minimum atomic E-state index is 0.103. The van der Waals surface area contributed by atoms with Crippen LogP contribution in [0.2, 0.25) is 10.0 Å². The van der Waals surface area contributed by atoms with Crippen molar-refractivity contribution < 1.29 is 5.11 Å². The van der Waals surface area contributed by atoms with Crippen molar-refractivity contribution in [2.75, 3.05) is 6.61 Å². The predicted octanol–water partition coefficient (Wildman–Crippen LogP) is 3.81. The number of aliphatic hydroxyl groups excluding tert-OH is 1. The quantitative estimate of drug-likeness (QED) is 0.828. The fraction of sp³-hybridized carbons (Fsp3) is 0.538. The van der Waals surface area contributed by atoms with E-state index in [0.29, 0.717) is 10.0 Å². The Kier molecular flexibility index (Phi) is 6.28. The number of hydrogen-bond acceptors (Lipinski definition) is 2. The average Bonchev–Trinajstić information content (AvgIpc) is 2.32. The number of halogens is 2. The van der Waals surface area contributed by atoms with E-state index in [1.165, 1.54) is 0 Å². The van der Waals surface area contributed by atoms with Crippen molar-refractivity contribution in [3.8, 4) is 0 Å². The third kappa shape index (κ3) is 4.14. The van der Waals surface area contributed by atoms with E-state index in [4.69, 9.17) is 23.2 Å². The summed E-state index contributed by atoms with van der Waals surface area (Å²) in [7, 11) is 0. The highest BCUT2D eigenvalue weighted by Gasteiger charge is 2.16. The molecule has 1 unspecified atom stereocenters. The molecule has 0 aliphatic heterocycles. The Balaban J connectivity index is 2.85. The van der Waals surface area contributed by atoms with Gasteiger partial charge in [-0.3, -0.25) is 0 Å². The van der Waals surface area contributed by atoms with Crippen LogP contribution >= 0.6 is 23.2 Å². The predicted molar refractivity (Wildman–Crippen MR) is 73.8 cm³/mol. The molecule has 2 nitrogen and oxygen atoms in total. The Morgan fingerprint density at radius 1 is 1.24 bits per heavy atom. The summed E-state index contributed by atoms with van der Waals surface area (Å²) in [5, 5.41) is 13.9. The van der Waals surface area contributed by atoms with E-state index in [1.807, 2.05) is 19.1 Å². The number of hydrogen-bond donors (Lipinski definition) is 2. The first-order valence-electron chi connectivity index (χ1n) is 5.94. The van der Waals surface area contributed by atoms with E-state index in [9.17, 15) is 5.11 Å². The Labute approximate surface area is 113 Å². The summed E-state index contributed by atoms with van der Waals surface area (Å²) in [6.07, 6.45) is 1.80. The molecule has 0 spiro atoms. The molecule has 0 bridgehead atoms. The standard InChI is InChI=1S/C13H19Cl2NO/c1-3-10(8-17)16-13(4-2)11-6-5-9(14)7-12(11)15/h5-7,10,13,16-17H,3-4,8H2,1-2H3/t10-,13?/m1/s1. The second kappa shape index (κ2) is 7.22. The van der Waals surface area contributed by atoms with Gasteiger partial charge >= 0.3 is 0 Å². The smallest absolute Gasteiger partial charge is 0.0584 e. The Bertz CT molecular complexity index is 353. The molecule has 4 heteroatoms. The normalized spacial score (nSPS) is 14.6. The molecule has 1 aromatic carbocycles. The van der Waals surface area contributed by atoms with E-state index in [-0.39, 0.29) is 18.7 Å². The van der Waals surface area contributed by atoms with E-state index in [2.05, 4.69) is 12.2 Å². The topological polar surface area (TPSA) is 32.3 Å². The van der Waals surface area contributed by atoms with Gasteiger partial charge in [-0.05, 0) is 30.5 Å². The van der Waals surface area contributed by atoms with Crippen molar-refractivity contribution in [1.82, 2.24) is 5.32 Å². The minimum absolute atomic E-state index is 0.103. The summed E-state index contributed by atoms with van der Waals surface area (Å²) in [6, 6.07) is 5.79. The lowest BCUT2D eigenvalue weighted by Crippen LogP contribution is -2.35. The molecule has 0 saturated heterocycles. The van der Waals surface area contributed by atoms with Crippen molar-refractivity contribution in [2.45, 2.75) is 38.8 Å². The Hall–Kier alpha value is -0.280. The van der Waals surface area contributed by atoms with Gasteiger partial charge < -0.3 is 10.4 Å². The first-order chi connectivity index (χ1) is 8.12. The van der Waals surface area contributed by atoms with Crippen molar-refractivity contribution in [1.29, 1.82) is 0 Å². The zero-order chi connectivity index (χ0) is 12.8. The van der Waals surface area contributed by atoms with Gasteiger partial charge in [-0.15, -0.1) is 0 Å². The van der Waals surface area contributed by atoms with E-state index >= 15 is 0 Å². The fourth-order valence-corrected chi connectivity index (χ4v) is 2.34. The summed E-state index contributed by atoms with van der Waals surface area (Å²) >= 11 is 12.1. The van der Waals surface area contributed by atoms with Gasteiger partial charge in [0, 0.05) is 22.1 Å². The molecule has 17 heavy (non-hydrogen) atoms. The molecule has 2 N–H and O–H groups in total. The third-order valence-electron chi connectivity index (χ3n) is 2.90. The molecule has 0 aliphatic carbocycles. The van der Waals surface area contributed by atoms with Gasteiger partial charge in [-0.1, -0.05) is 43.1 Å². The average molecular weight is 276 g/mol. The lowest BCUT2D eigenvalue weighted by atomic mass is 10.0. The summed E-state index contributed by atoms with van der Waals surface area (Å²) in [5.74, 6) is 0. The maximum Gasteiger partial charge on any atom is 0.0584 e. The van der Waals surface area contributed by atoms with Gasteiger partial charge in [-0.2, -0.15) is 0 Å². The SMILES string of the molecule is CCC(N[C@H](CC)CO)c1ccc(Cl)cc1Cl. The van der Waals surface area contributed by atoms with Gasteiger partial charge in [0.15, 0.2) is 0 Å². The van der Waals surface area contributed by atoms with E-state index in [1.54, 1.807) is 6.07 Å². The van der Waals surface area contributed by atoms with Gasteiger partial charge in [0.1, 0.15) is 0 Å². The van der Waals surface area contributed by atoms with E-state index < -0.39 is 0 Å². The van der Waals surface area contributed by atoms with Gasteiger partial charge in [-0.25, -0.2) is 0 Å². The van der Waals surface area contributed by atoms with Crippen LogP contribution < -0.4 is 5.32 Å². The summed E-state index contributed by atoms with van der Waals surface area (Å²) in [4.78, 5) is 0. The van der Waals surface area contributed by atoms with E-state index in [0.717, 1.165) is 18.4 Å². The number of benzene rings is 1. The molecular formula is C13H19Cl2NO. The molecule has 1 rings (SSSR count). The largest absolute Gasteiger partial charge is 0.395 e. The summed E-state index contributed by atoms with van der Waals surface area (Å²) in [6.45, 7) is 4.27. The molecule has 1 aromatic rings. The van der Waals surface area contributed by atoms with Crippen molar-refractivity contribution >= 4 is 23.2 Å². The highest BCUT2D eigenvalue weighted by molar-refractivity contribution is 6.35. The third-order valence-corrected chi connectivity index (χ3v) is 3.46. The van der Waals surface area contributed by atoms with Crippen LogP contribution in [0.4, 0.5) is 0 Å². The lowest BCUT2D eigenvalue weighted by Gasteiger charge is -2.24. The minimum Gasteiger partial charge on any atom is -0.395 e. The maximum atomic E-state index is 9.21. The lowest BCUT2D eigenvalue weighted by molar-refractivity contribution is 0.226. The summed E-state index contributed by atoms with van der Waals surface area (Å²) in [5.41, 5.74) is 1.03. The molecule has 0 saturated carbocycles. The van der Waals surface area contributed by atoms with Crippen LogP contribution in [0.25, 0.3) is 0 Å². The van der Waals surface area contributed by atoms with Crippen LogP contribution in [0, 0.1) is 0 Å². The highest BCUT2D eigenvalue weighted by atomic mass is 35.5. The zero-order valence-electron chi connectivity index (χ0n) is 10.2. The first-order valence-corrected chi connectivity index (χ1v) is 6.69. The molecule has 0 aromatic heterocycles. The van der Waals surface area contributed by atoms with Crippen molar-refractivity contribution in [2.24, 2.45) is 0 Å². The summed E-state index contributed by atoms with van der Waals surface area (Å²) < 4.78 is 0. The van der Waals surface area contributed by atoms with Crippen LogP contribution in [0.3, 0.4) is 0 Å². The van der Waals surface area contributed by atoms with Crippen LogP contribution in [0.15, 0.2) is 18.2 Å². The second-order valence-corrected chi connectivity index (χ2v) is 4.92. The second-order valence-electron chi connectivity index (χ2n) is 4.08. The van der Waals surface area contributed by atoms with Gasteiger partial charge in [0.25, 0.3) is 0 Å². The molecule has 96 valence electrons. The zero-order valence-corrected chi connectivity index (χ0v) is 11.7. The van der Waals surface area contributed by atoms with Crippen LogP contribution in [-0.4, -0.2) is 17.8 Å². The van der Waals surface area contributed by atoms with Crippen molar-refractivity contribution in [3.05, 3.63) is 33.8 Å². The number of rotatable bonds is 6. The molecule has 0 aliphatic rings. The molecule has 2 atom stereocenters. The molecule has 0 heterocycles. The van der Waals surface area contributed by atoms with Gasteiger partial charge in [0.05, 0.1) is 6.61 Å². The fourth-order valence-electron chi connectivity index (χ4n) is 1.80. The first kappa shape index (κ1) is 14.8. The number of aliphatic hydroxyl groups is 1. The Morgan fingerprint density at radius 3 is 2.41 bits per heavy atom. The maximum absolute atomic E-state index is 9.21. The monoisotopic (exact) mass is 275 g/mol. The van der Waals surface area contributed by atoms with Crippen LogP contribution in [0.5, 0.6) is 0 Å². The molecule has 0 amide bonds. The van der Waals surface area contributed by atoms with Crippen LogP contribution in [0.1, 0.15) is 38.3 Å².